The number of nitrogens with two attached hydrogens (primary N) is 1. The normalized spacial score (nSPS) is 24.1. The smallest absolute Gasteiger partial charge is 0.255 e. The molecular formula is C13H16Cl2N2O. The van der Waals surface area contributed by atoms with E-state index in [9.17, 15) is 4.79 Å². The first-order chi connectivity index (χ1) is 8.49. The fourth-order valence-electron chi connectivity index (χ4n) is 2.33. The molecule has 2 unspecified atom stereocenters. The van der Waals surface area contributed by atoms with Gasteiger partial charge in [-0.15, -0.1) is 0 Å². The first-order valence-electron chi connectivity index (χ1n) is 6.00. The molecule has 2 rings (SSSR count). The van der Waals surface area contributed by atoms with Crippen LogP contribution in [0.1, 0.15) is 30.1 Å². The second kappa shape index (κ2) is 5.47. The SMILES string of the molecule is CC1CC(N)CCN1C(=O)c1ccc(Cl)cc1Cl. The van der Waals surface area contributed by atoms with Gasteiger partial charge in [0.05, 0.1) is 10.6 Å². The summed E-state index contributed by atoms with van der Waals surface area (Å²) in [6.07, 6.45) is 1.66. The van der Waals surface area contributed by atoms with Gasteiger partial charge in [-0.1, -0.05) is 23.2 Å². The molecule has 1 amide bonds. The van der Waals surface area contributed by atoms with Crippen LogP contribution in [-0.4, -0.2) is 29.4 Å². The van der Waals surface area contributed by atoms with Gasteiger partial charge < -0.3 is 10.6 Å². The Morgan fingerprint density at radius 3 is 2.78 bits per heavy atom. The van der Waals surface area contributed by atoms with Crippen LogP contribution in [0.5, 0.6) is 0 Å². The highest BCUT2D eigenvalue weighted by Crippen LogP contribution is 2.25. The number of piperidine rings is 1. The van der Waals surface area contributed by atoms with Crippen molar-refractivity contribution in [1.29, 1.82) is 0 Å². The van der Waals surface area contributed by atoms with E-state index in [2.05, 4.69) is 0 Å². The fourth-order valence-corrected chi connectivity index (χ4v) is 2.82. The topological polar surface area (TPSA) is 46.3 Å². The van der Waals surface area contributed by atoms with E-state index in [-0.39, 0.29) is 18.0 Å². The molecule has 5 heteroatoms. The Bertz CT molecular complexity index is 464. The average molecular weight is 287 g/mol. The molecule has 98 valence electrons. The van der Waals surface area contributed by atoms with Gasteiger partial charge in [0.15, 0.2) is 0 Å². The summed E-state index contributed by atoms with van der Waals surface area (Å²) in [6.45, 7) is 2.70. The average Bonchev–Trinajstić information content (AvgIpc) is 2.28. The van der Waals surface area contributed by atoms with E-state index in [0.717, 1.165) is 12.8 Å². The number of carbonyl (C=O) groups is 1. The zero-order chi connectivity index (χ0) is 13.3. The van der Waals surface area contributed by atoms with Gasteiger partial charge in [-0.05, 0) is 38.0 Å². The molecular weight excluding hydrogens is 271 g/mol. The lowest BCUT2D eigenvalue weighted by atomic mass is 9.98. The Morgan fingerprint density at radius 1 is 1.44 bits per heavy atom. The third kappa shape index (κ3) is 2.79. The van der Waals surface area contributed by atoms with Crippen LogP contribution in [0, 0.1) is 0 Å². The maximum atomic E-state index is 12.4. The second-order valence-electron chi connectivity index (χ2n) is 4.76. The van der Waals surface area contributed by atoms with Gasteiger partial charge in [-0.2, -0.15) is 0 Å². The molecule has 1 heterocycles. The van der Waals surface area contributed by atoms with E-state index in [1.54, 1.807) is 18.2 Å². The summed E-state index contributed by atoms with van der Waals surface area (Å²) in [4.78, 5) is 14.2. The van der Waals surface area contributed by atoms with Crippen molar-refractivity contribution in [3.8, 4) is 0 Å². The molecule has 1 aliphatic rings. The van der Waals surface area contributed by atoms with Crippen molar-refractivity contribution in [3.05, 3.63) is 33.8 Å². The van der Waals surface area contributed by atoms with Gasteiger partial charge in [0.1, 0.15) is 0 Å². The molecule has 0 saturated carbocycles. The van der Waals surface area contributed by atoms with Gasteiger partial charge in [-0.3, -0.25) is 4.79 Å². The third-order valence-electron chi connectivity index (χ3n) is 3.34. The molecule has 2 N–H and O–H groups in total. The Hall–Kier alpha value is -0.770. The molecule has 2 atom stereocenters. The lowest BCUT2D eigenvalue weighted by molar-refractivity contribution is 0.0619. The number of rotatable bonds is 1. The summed E-state index contributed by atoms with van der Waals surface area (Å²) in [5.41, 5.74) is 6.40. The van der Waals surface area contributed by atoms with E-state index < -0.39 is 0 Å². The number of hydrogen-bond acceptors (Lipinski definition) is 2. The number of benzene rings is 1. The van der Waals surface area contributed by atoms with Gasteiger partial charge in [-0.25, -0.2) is 0 Å². The Balaban J connectivity index is 2.20. The van der Waals surface area contributed by atoms with Crippen LogP contribution in [0.2, 0.25) is 10.0 Å². The van der Waals surface area contributed by atoms with Crippen molar-refractivity contribution in [3.63, 3.8) is 0 Å². The molecule has 0 aromatic heterocycles. The Morgan fingerprint density at radius 2 is 2.17 bits per heavy atom. The highest BCUT2D eigenvalue weighted by molar-refractivity contribution is 6.36. The van der Waals surface area contributed by atoms with Gasteiger partial charge in [0, 0.05) is 23.7 Å². The quantitative estimate of drug-likeness (QED) is 0.863. The first-order valence-corrected chi connectivity index (χ1v) is 6.76. The summed E-state index contributed by atoms with van der Waals surface area (Å²) in [5.74, 6) is -0.0453. The second-order valence-corrected chi connectivity index (χ2v) is 5.60. The summed E-state index contributed by atoms with van der Waals surface area (Å²) in [7, 11) is 0. The van der Waals surface area contributed by atoms with Crippen molar-refractivity contribution < 1.29 is 4.79 Å². The van der Waals surface area contributed by atoms with Crippen molar-refractivity contribution in [2.24, 2.45) is 5.73 Å². The van der Waals surface area contributed by atoms with Crippen LogP contribution in [0.25, 0.3) is 0 Å². The molecule has 1 saturated heterocycles. The highest BCUT2D eigenvalue weighted by Gasteiger charge is 2.28. The predicted molar refractivity (Wildman–Crippen MR) is 74.2 cm³/mol. The minimum atomic E-state index is -0.0453. The number of carbonyl (C=O) groups excluding carboxylic acids is 1. The molecule has 0 bridgehead atoms. The lowest BCUT2D eigenvalue weighted by Gasteiger charge is -2.36. The van der Waals surface area contributed by atoms with Crippen LogP contribution in [0.4, 0.5) is 0 Å². The molecule has 18 heavy (non-hydrogen) atoms. The van der Waals surface area contributed by atoms with Crippen LogP contribution >= 0.6 is 23.2 Å². The monoisotopic (exact) mass is 286 g/mol. The third-order valence-corrected chi connectivity index (χ3v) is 3.89. The van der Waals surface area contributed by atoms with Gasteiger partial charge in [0.2, 0.25) is 0 Å². The van der Waals surface area contributed by atoms with E-state index in [0.29, 0.717) is 22.2 Å². The lowest BCUT2D eigenvalue weighted by Crippen LogP contribution is -2.48. The summed E-state index contributed by atoms with van der Waals surface area (Å²) in [5, 5.41) is 0.930. The molecule has 3 nitrogen and oxygen atoms in total. The van der Waals surface area contributed by atoms with Crippen molar-refractivity contribution in [1.82, 2.24) is 4.90 Å². The standard InChI is InChI=1S/C13H16Cl2N2O/c1-8-6-10(16)4-5-17(8)13(18)11-3-2-9(14)7-12(11)15/h2-3,7-8,10H,4-6,16H2,1H3. The van der Waals surface area contributed by atoms with Crippen LogP contribution in [-0.2, 0) is 0 Å². The van der Waals surface area contributed by atoms with E-state index >= 15 is 0 Å². The van der Waals surface area contributed by atoms with E-state index in [1.807, 2.05) is 11.8 Å². The number of likely N-dealkylation sites (tertiary alicyclic amines) is 1. The first kappa shape index (κ1) is 13.7. The molecule has 1 aliphatic heterocycles. The van der Waals surface area contributed by atoms with E-state index in [4.69, 9.17) is 28.9 Å². The molecule has 1 aromatic rings. The zero-order valence-electron chi connectivity index (χ0n) is 10.2. The van der Waals surface area contributed by atoms with Gasteiger partial charge in [0.25, 0.3) is 5.91 Å². The van der Waals surface area contributed by atoms with Crippen LogP contribution < -0.4 is 5.73 Å². The molecule has 1 fully saturated rings. The fraction of sp³-hybridized carbons (Fsp3) is 0.462. The Labute approximate surface area is 117 Å². The number of amides is 1. The van der Waals surface area contributed by atoms with Crippen LogP contribution in [0.3, 0.4) is 0 Å². The summed E-state index contributed by atoms with van der Waals surface area (Å²) in [6, 6.07) is 5.28. The van der Waals surface area contributed by atoms with Crippen molar-refractivity contribution >= 4 is 29.1 Å². The minimum absolute atomic E-state index is 0.0453. The minimum Gasteiger partial charge on any atom is -0.336 e. The zero-order valence-corrected chi connectivity index (χ0v) is 11.7. The number of nitrogens with zero attached hydrogens (tertiary/aromatic N) is 1. The number of halogens is 2. The predicted octanol–water partition coefficient (Wildman–Crippen LogP) is 2.95. The maximum absolute atomic E-state index is 12.4. The van der Waals surface area contributed by atoms with Gasteiger partial charge >= 0.3 is 0 Å². The molecule has 1 aromatic carbocycles. The summed E-state index contributed by atoms with van der Waals surface area (Å²) >= 11 is 11.9. The Kier molecular flexibility index (Phi) is 4.15. The maximum Gasteiger partial charge on any atom is 0.255 e. The van der Waals surface area contributed by atoms with Crippen LogP contribution in [0.15, 0.2) is 18.2 Å². The van der Waals surface area contributed by atoms with Crippen molar-refractivity contribution in [2.75, 3.05) is 6.54 Å². The number of hydrogen-bond donors (Lipinski definition) is 1. The molecule has 0 aliphatic carbocycles. The molecule has 0 spiro atoms. The largest absolute Gasteiger partial charge is 0.336 e. The summed E-state index contributed by atoms with van der Waals surface area (Å²) < 4.78 is 0. The van der Waals surface area contributed by atoms with E-state index in [1.165, 1.54) is 0 Å². The molecule has 0 radical (unpaired) electrons. The van der Waals surface area contributed by atoms with Crippen molar-refractivity contribution in [2.45, 2.75) is 31.8 Å². The highest BCUT2D eigenvalue weighted by atomic mass is 35.5.